The number of anilines is 1. The summed E-state index contributed by atoms with van der Waals surface area (Å²) < 4.78 is 0. The lowest BCUT2D eigenvalue weighted by atomic mass is 10.1. The van der Waals surface area contributed by atoms with Crippen molar-refractivity contribution >= 4 is 23.2 Å². The van der Waals surface area contributed by atoms with Crippen LogP contribution in [0.15, 0.2) is 23.3 Å². The van der Waals surface area contributed by atoms with E-state index in [2.05, 4.69) is 20.7 Å². The van der Waals surface area contributed by atoms with Crippen LogP contribution in [0.2, 0.25) is 0 Å². The first-order valence-corrected chi connectivity index (χ1v) is 7.38. The number of piperidine rings is 1. The summed E-state index contributed by atoms with van der Waals surface area (Å²) in [4.78, 5) is 25.8. The second kappa shape index (κ2) is 7.17. The highest BCUT2D eigenvalue weighted by Gasteiger charge is 2.15. The highest BCUT2D eigenvalue weighted by molar-refractivity contribution is 6.39. The van der Waals surface area contributed by atoms with E-state index in [9.17, 15) is 9.59 Å². The Kier molecular flexibility index (Phi) is 5.27. The van der Waals surface area contributed by atoms with Gasteiger partial charge >= 0.3 is 11.8 Å². The molecule has 6 nitrogen and oxygen atoms in total. The van der Waals surface area contributed by atoms with E-state index in [1.165, 1.54) is 0 Å². The van der Waals surface area contributed by atoms with Crippen molar-refractivity contribution in [2.75, 3.05) is 25.5 Å². The van der Waals surface area contributed by atoms with Crippen LogP contribution in [0.1, 0.15) is 24.0 Å². The van der Waals surface area contributed by atoms with E-state index in [-0.39, 0.29) is 0 Å². The lowest BCUT2D eigenvalue weighted by Crippen LogP contribution is -2.35. The van der Waals surface area contributed by atoms with Gasteiger partial charge in [-0.2, -0.15) is 5.10 Å². The van der Waals surface area contributed by atoms with Crippen molar-refractivity contribution in [3.63, 3.8) is 0 Å². The van der Waals surface area contributed by atoms with Crippen LogP contribution in [-0.2, 0) is 9.59 Å². The molecule has 0 aliphatic carbocycles. The Balaban J connectivity index is 1.88. The molecule has 1 aromatic carbocycles. The van der Waals surface area contributed by atoms with Gasteiger partial charge in [0.1, 0.15) is 0 Å². The van der Waals surface area contributed by atoms with Crippen LogP contribution in [0.5, 0.6) is 0 Å². The minimum atomic E-state index is -0.746. The van der Waals surface area contributed by atoms with Crippen molar-refractivity contribution in [1.82, 2.24) is 10.3 Å². The van der Waals surface area contributed by atoms with E-state index in [0.717, 1.165) is 42.8 Å². The number of amides is 2. The molecule has 1 saturated heterocycles. The van der Waals surface area contributed by atoms with Gasteiger partial charge in [0.25, 0.3) is 0 Å². The van der Waals surface area contributed by atoms with E-state index in [4.69, 9.17) is 0 Å². The third-order valence-corrected chi connectivity index (χ3v) is 3.85. The summed E-state index contributed by atoms with van der Waals surface area (Å²) in [6.45, 7) is 5.79. The zero-order valence-corrected chi connectivity index (χ0v) is 13.3. The largest absolute Gasteiger partial charge is 0.329 e. The summed E-state index contributed by atoms with van der Waals surface area (Å²) in [5, 5.41) is 6.62. The van der Waals surface area contributed by atoms with Gasteiger partial charge in [0.2, 0.25) is 0 Å². The summed E-state index contributed by atoms with van der Waals surface area (Å²) in [5.74, 6) is -1.45. The van der Waals surface area contributed by atoms with Crippen LogP contribution in [0.25, 0.3) is 0 Å². The number of nitrogens with one attached hydrogen (secondary N) is 2. The molecule has 1 heterocycles. The molecule has 0 atom stereocenters. The Morgan fingerprint density at radius 3 is 2.41 bits per heavy atom. The number of carbonyl (C=O) groups excluding carboxylic acids is 2. The topological polar surface area (TPSA) is 73.8 Å². The molecule has 118 valence electrons. The molecule has 0 aromatic heterocycles. The molecule has 1 aliphatic rings. The van der Waals surface area contributed by atoms with E-state index in [1.807, 2.05) is 33.0 Å². The highest BCUT2D eigenvalue weighted by atomic mass is 16.2. The fourth-order valence-electron chi connectivity index (χ4n) is 2.18. The van der Waals surface area contributed by atoms with Crippen LogP contribution in [0, 0.1) is 13.8 Å². The van der Waals surface area contributed by atoms with Gasteiger partial charge in [0.15, 0.2) is 0 Å². The molecule has 0 saturated carbocycles. The molecule has 0 spiro atoms. The molecule has 2 rings (SSSR count). The first kappa shape index (κ1) is 16.2. The molecular weight excluding hydrogens is 280 g/mol. The monoisotopic (exact) mass is 302 g/mol. The summed E-state index contributed by atoms with van der Waals surface area (Å²) >= 11 is 0. The van der Waals surface area contributed by atoms with Crippen molar-refractivity contribution in [3.8, 4) is 0 Å². The Morgan fingerprint density at radius 2 is 1.77 bits per heavy atom. The van der Waals surface area contributed by atoms with Gasteiger partial charge in [-0.1, -0.05) is 6.07 Å². The van der Waals surface area contributed by atoms with E-state index in [0.29, 0.717) is 5.69 Å². The molecular formula is C16H22N4O2. The number of carbonyl (C=O) groups is 2. The molecule has 1 aromatic rings. The molecule has 2 amide bonds. The van der Waals surface area contributed by atoms with E-state index >= 15 is 0 Å². The summed E-state index contributed by atoms with van der Waals surface area (Å²) in [5.41, 5.74) is 6.06. The summed E-state index contributed by atoms with van der Waals surface area (Å²) in [7, 11) is 2.05. The standard InChI is InChI=1S/C16H22N4O2/c1-11-4-5-14(10-12(11)2)17-15(21)16(22)19-18-13-6-8-20(3)9-7-13/h4-5,10H,6-9H2,1-3H3,(H,17,21)(H,19,22). The minimum Gasteiger partial charge on any atom is -0.318 e. The molecule has 0 bridgehead atoms. The molecule has 1 fully saturated rings. The second-order valence-electron chi connectivity index (χ2n) is 5.68. The maximum Gasteiger partial charge on any atom is 0.329 e. The number of hydrogen-bond acceptors (Lipinski definition) is 4. The quantitative estimate of drug-likeness (QED) is 0.641. The molecule has 6 heteroatoms. The Bertz CT molecular complexity index is 600. The maximum absolute atomic E-state index is 11.8. The lowest BCUT2D eigenvalue weighted by molar-refractivity contribution is -0.136. The number of rotatable bonds is 2. The number of likely N-dealkylation sites (tertiary alicyclic amines) is 1. The fourth-order valence-corrected chi connectivity index (χ4v) is 2.18. The third kappa shape index (κ3) is 4.39. The third-order valence-electron chi connectivity index (χ3n) is 3.85. The van der Waals surface area contributed by atoms with Crippen molar-refractivity contribution < 1.29 is 9.59 Å². The van der Waals surface area contributed by atoms with Gasteiger partial charge in [-0.05, 0) is 44.2 Å². The molecule has 22 heavy (non-hydrogen) atoms. The normalized spacial score (nSPS) is 15.3. The van der Waals surface area contributed by atoms with Gasteiger partial charge < -0.3 is 10.2 Å². The predicted octanol–water partition coefficient (Wildman–Crippen LogP) is 1.44. The zero-order valence-electron chi connectivity index (χ0n) is 13.3. The van der Waals surface area contributed by atoms with Gasteiger partial charge in [-0.15, -0.1) is 0 Å². The lowest BCUT2D eigenvalue weighted by Gasteiger charge is -2.22. The average molecular weight is 302 g/mol. The van der Waals surface area contributed by atoms with Crippen molar-refractivity contribution in [1.29, 1.82) is 0 Å². The van der Waals surface area contributed by atoms with E-state index < -0.39 is 11.8 Å². The zero-order chi connectivity index (χ0) is 16.1. The SMILES string of the molecule is Cc1ccc(NC(=O)C(=O)NN=C2CCN(C)CC2)cc1C. The summed E-state index contributed by atoms with van der Waals surface area (Å²) in [6.07, 6.45) is 1.63. The number of hydrazone groups is 1. The van der Waals surface area contributed by atoms with Gasteiger partial charge in [-0.25, -0.2) is 5.43 Å². The summed E-state index contributed by atoms with van der Waals surface area (Å²) in [6, 6.07) is 5.52. The molecule has 1 aliphatic heterocycles. The predicted molar refractivity (Wildman–Crippen MR) is 86.9 cm³/mol. The molecule has 0 radical (unpaired) electrons. The fraction of sp³-hybridized carbons (Fsp3) is 0.438. The highest BCUT2D eigenvalue weighted by Crippen LogP contribution is 2.13. The van der Waals surface area contributed by atoms with Crippen LogP contribution in [-0.4, -0.2) is 42.6 Å². The minimum absolute atomic E-state index is 0.607. The van der Waals surface area contributed by atoms with Crippen molar-refractivity contribution in [2.45, 2.75) is 26.7 Å². The number of benzene rings is 1. The number of aryl methyl sites for hydroxylation is 2. The van der Waals surface area contributed by atoms with Crippen LogP contribution < -0.4 is 10.7 Å². The van der Waals surface area contributed by atoms with Gasteiger partial charge in [0.05, 0.1) is 0 Å². The Morgan fingerprint density at radius 1 is 1.09 bits per heavy atom. The molecule has 2 N–H and O–H groups in total. The number of hydrogen-bond donors (Lipinski definition) is 2. The Labute approximate surface area is 130 Å². The number of nitrogens with zero attached hydrogens (tertiary/aromatic N) is 2. The van der Waals surface area contributed by atoms with Gasteiger partial charge in [0, 0.05) is 37.3 Å². The van der Waals surface area contributed by atoms with Crippen molar-refractivity contribution in [3.05, 3.63) is 29.3 Å². The van der Waals surface area contributed by atoms with Gasteiger partial charge in [-0.3, -0.25) is 9.59 Å². The molecule has 0 unspecified atom stereocenters. The second-order valence-corrected chi connectivity index (χ2v) is 5.68. The van der Waals surface area contributed by atoms with Crippen LogP contribution in [0.4, 0.5) is 5.69 Å². The van der Waals surface area contributed by atoms with Crippen molar-refractivity contribution in [2.24, 2.45) is 5.10 Å². The van der Waals surface area contributed by atoms with Crippen LogP contribution in [0.3, 0.4) is 0 Å². The average Bonchev–Trinajstić information content (AvgIpc) is 2.50. The smallest absolute Gasteiger partial charge is 0.318 e. The van der Waals surface area contributed by atoms with Crippen LogP contribution >= 0.6 is 0 Å². The maximum atomic E-state index is 11.8. The first-order valence-electron chi connectivity index (χ1n) is 7.38. The Hall–Kier alpha value is -2.21. The first-order chi connectivity index (χ1) is 10.5. The van der Waals surface area contributed by atoms with E-state index in [1.54, 1.807) is 6.07 Å².